The predicted octanol–water partition coefficient (Wildman–Crippen LogP) is 6.07. The van der Waals surface area contributed by atoms with Crippen LogP contribution in [-0.2, 0) is 26.2 Å². The predicted molar refractivity (Wildman–Crippen MR) is 172 cm³/mol. The summed E-state index contributed by atoms with van der Waals surface area (Å²) in [6.07, 6.45) is 4.99. The lowest BCUT2D eigenvalue weighted by Gasteiger charge is -2.33. The Morgan fingerprint density at radius 2 is 1.48 bits per heavy atom. The van der Waals surface area contributed by atoms with Gasteiger partial charge in [0, 0.05) is 28.7 Å². The standard InChI is InChI=1S/C32H37Cl2N3O6S/c1-22(32(39)35-26-7-5-4-6-8-26)36(20-23-9-11-24(33)12-10-23)31(38)21-37(27-15-13-25(34)14-16-27)44(40,41)28-17-18-29(42-2)30(19-28)43-3/h9-19,22,26H,4-8,20-21H2,1-3H3,(H,35,39)/t22-/m1/s1. The number of nitrogens with one attached hydrogen (secondary N) is 1. The normalized spacial score (nSPS) is 14.4. The fourth-order valence-electron chi connectivity index (χ4n) is 5.18. The van der Waals surface area contributed by atoms with E-state index in [-0.39, 0.29) is 34.8 Å². The van der Waals surface area contributed by atoms with Gasteiger partial charge < -0.3 is 19.7 Å². The van der Waals surface area contributed by atoms with E-state index in [1.54, 1.807) is 43.3 Å². The zero-order valence-electron chi connectivity index (χ0n) is 25.0. The van der Waals surface area contributed by atoms with E-state index >= 15 is 0 Å². The second kappa shape index (κ2) is 15.0. The van der Waals surface area contributed by atoms with Gasteiger partial charge in [-0.25, -0.2) is 8.42 Å². The highest BCUT2D eigenvalue weighted by Gasteiger charge is 2.33. The Kier molecular flexibility index (Phi) is 11.4. The molecule has 0 unspecified atom stereocenters. The van der Waals surface area contributed by atoms with Crippen molar-refractivity contribution in [2.24, 2.45) is 0 Å². The number of anilines is 1. The molecule has 1 fully saturated rings. The van der Waals surface area contributed by atoms with Crippen LogP contribution < -0.4 is 19.1 Å². The molecule has 0 aromatic heterocycles. The van der Waals surface area contributed by atoms with Gasteiger partial charge in [-0.3, -0.25) is 13.9 Å². The molecule has 12 heteroatoms. The summed E-state index contributed by atoms with van der Waals surface area (Å²) in [5, 5.41) is 4.03. The molecule has 0 aliphatic heterocycles. The molecule has 0 heterocycles. The summed E-state index contributed by atoms with van der Waals surface area (Å²) in [5.74, 6) is -0.286. The Labute approximate surface area is 269 Å². The van der Waals surface area contributed by atoms with Crippen molar-refractivity contribution in [2.45, 2.75) is 62.6 Å². The van der Waals surface area contributed by atoms with Crippen molar-refractivity contribution < 1.29 is 27.5 Å². The second-order valence-electron chi connectivity index (χ2n) is 10.7. The van der Waals surface area contributed by atoms with Gasteiger partial charge in [-0.2, -0.15) is 0 Å². The van der Waals surface area contributed by atoms with Crippen LogP contribution in [0, 0.1) is 0 Å². The minimum atomic E-state index is -4.31. The van der Waals surface area contributed by atoms with Crippen LogP contribution in [0.25, 0.3) is 0 Å². The quantitative estimate of drug-likeness (QED) is 0.253. The molecule has 1 atom stereocenters. The van der Waals surface area contributed by atoms with Gasteiger partial charge in [0.2, 0.25) is 11.8 Å². The molecule has 0 spiro atoms. The summed E-state index contributed by atoms with van der Waals surface area (Å²) in [4.78, 5) is 28.9. The third-order valence-corrected chi connectivity index (χ3v) is 10.00. The first-order valence-corrected chi connectivity index (χ1v) is 16.6. The third kappa shape index (κ3) is 8.16. The lowest BCUT2D eigenvalue weighted by molar-refractivity contribution is -0.139. The summed E-state index contributed by atoms with van der Waals surface area (Å²) in [6, 6.07) is 16.5. The lowest BCUT2D eigenvalue weighted by atomic mass is 9.95. The summed E-state index contributed by atoms with van der Waals surface area (Å²) in [5.41, 5.74) is 0.962. The highest BCUT2D eigenvalue weighted by atomic mass is 35.5. The van der Waals surface area contributed by atoms with Gasteiger partial charge in [0.15, 0.2) is 11.5 Å². The van der Waals surface area contributed by atoms with Crippen LogP contribution in [0.5, 0.6) is 11.5 Å². The van der Waals surface area contributed by atoms with Gasteiger partial charge in [-0.1, -0.05) is 54.6 Å². The first kappa shape index (κ1) is 33.4. The number of hydrogen-bond donors (Lipinski definition) is 1. The summed E-state index contributed by atoms with van der Waals surface area (Å²) in [6.45, 7) is 1.15. The zero-order valence-corrected chi connectivity index (χ0v) is 27.3. The highest BCUT2D eigenvalue weighted by molar-refractivity contribution is 7.92. The molecule has 9 nitrogen and oxygen atoms in total. The van der Waals surface area contributed by atoms with Crippen LogP contribution in [0.15, 0.2) is 71.6 Å². The van der Waals surface area contributed by atoms with Crippen LogP contribution in [0.4, 0.5) is 5.69 Å². The number of sulfonamides is 1. The molecule has 2 amide bonds. The molecular formula is C32H37Cl2N3O6S. The van der Waals surface area contributed by atoms with Crippen LogP contribution in [0.2, 0.25) is 10.0 Å². The van der Waals surface area contributed by atoms with E-state index in [0.717, 1.165) is 42.0 Å². The third-order valence-electron chi connectivity index (χ3n) is 7.72. The minimum Gasteiger partial charge on any atom is -0.493 e. The van der Waals surface area contributed by atoms with Gasteiger partial charge in [0.25, 0.3) is 10.0 Å². The van der Waals surface area contributed by atoms with Gasteiger partial charge in [-0.05, 0) is 73.9 Å². The van der Waals surface area contributed by atoms with E-state index in [1.165, 1.54) is 49.5 Å². The number of carbonyl (C=O) groups excluding carboxylic acids is 2. The van der Waals surface area contributed by atoms with Crippen molar-refractivity contribution in [3.63, 3.8) is 0 Å². The molecule has 0 saturated heterocycles. The molecule has 44 heavy (non-hydrogen) atoms. The summed E-state index contributed by atoms with van der Waals surface area (Å²) >= 11 is 12.2. The van der Waals surface area contributed by atoms with Gasteiger partial charge in [0.1, 0.15) is 12.6 Å². The lowest BCUT2D eigenvalue weighted by Crippen LogP contribution is -2.53. The highest BCUT2D eigenvalue weighted by Crippen LogP contribution is 2.33. The number of benzene rings is 3. The molecule has 236 valence electrons. The van der Waals surface area contributed by atoms with Crippen LogP contribution in [-0.4, -0.2) is 58.0 Å². The first-order valence-electron chi connectivity index (χ1n) is 14.4. The molecule has 1 saturated carbocycles. The Morgan fingerprint density at radius 1 is 0.886 bits per heavy atom. The SMILES string of the molecule is COc1ccc(S(=O)(=O)N(CC(=O)N(Cc2ccc(Cl)cc2)[C@H](C)C(=O)NC2CCCCC2)c2ccc(Cl)cc2)cc1OC. The Bertz CT molecular complexity index is 1550. The van der Waals surface area contributed by atoms with E-state index in [4.69, 9.17) is 32.7 Å². The molecule has 0 bridgehead atoms. The van der Waals surface area contributed by atoms with E-state index in [1.807, 2.05) is 0 Å². The smallest absolute Gasteiger partial charge is 0.264 e. The fraction of sp³-hybridized carbons (Fsp3) is 0.375. The number of hydrogen-bond acceptors (Lipinski definition) is 6. The number of nitrogens with zero attached hydrogens (tertiary/aromatic N) is 2. The number of ether oxygens (including phenoxy) is 2. The summed E-state index contributed by atoms with van der Waals surface area (Å²) in [7, 11) is -1.46. The van der Waals surface area contributed by atoms with Crippen molar-refractivity contribution in [3.8, 4) is 11.5 Å². The van der Waals surface area contributed by atoms with E-state index in [0.29, 0.717) is 15.8 Å². The molecule has 3 aromatic rings. The average Bonchev–Trinajstić information content (AvgIpc) is 3.03. The van der Waals surface area contributed by atoms with Crippen molar-refractivity contribution in [1.82, 2.24) is 10.2 Å². The second-order valence-corrected chi connectivity index (χ2v) is 13.4. The van der Waals surface area contributed by atoms with Crippen molar-refractivity contribution in [3.05, 3.63) is 82.3 Å². The van der Waals surface area contributed by atoms with Crippen molar-refractivity contribution in [1.29, 1.82) is 0 Å². The number of rotatable bonds is 12. The molecule has 1 aliphatic carbocycles. The molecule has 4 rings (SSSR count). The number of amides is 2. The van der Waals surface area contributed by atoms with Crippen LogP contribution in [0.1, 0.15) is 44.6 Å². The maximum atomic E-state index is 14.1. The monoisotopic (exact) mass is 661 g/mol. The number of halogens is 2. The maximum Gasteiger partial charge on any atom is 0.264 e. The van der Waals surface area contributed by atoms with Crippen LogP contribution in [0.3, 0.4) is 0 Å². The molecule has 0 radical (unpaired) electrons. The molecule has 1 aliphatic rings. The Morgan fingerprint density at radius 3 is 2.07 bits per heavy atom. The Balaban J connectivity index is 1.70. The van der Waals surface area contributed by atoms with Crippen LogP contribution >= 0.6 is 23.2 Å². The van der Waals surface area contributed by atoms with E-state index in [2.05, 4.69) is 5.32 Å². The molecular weight excluding hydrogens is 625 g/mol. The molecule has 3 aromatic carbocycles. The average molecular weight is 663 g/mol. The van der Waals surface area contributed by atoms with Crippen molar-refractivity contribution in [2.75, 3.05) is 25.1 Å². The maximum absolute atomic E-state index is 14.1. The Hall–Kier alpha value is -3.47. The first-order chi connectivity index (χ1) is 21.0. The number of methoxy groups -OCH3 is 2. The minimum absolute atomic E-state index is 0.0437. The number of carbonyl (C=O) groups is 2. The van der Waals surface area contributed by atoms with Gasteiger partial charge >= 0.3 is 0 Å². The topological polar surface area (TPSA) is 105 Å². The largest absolute Gasteiger partial charge is 0.493 e. The van der Waals surface area contributed by atoms with E-state index in [9.17, 15) is 18.0 Å². The van der Waals surface area contributed by atoms with E-state index < -0.39 is 28.5 Å². The summed E-state index contributed by atoms with van der Waals surface area (Å²) < 4.78 is 39.9. The van der Waals surface area contributed by atoms with Crippen molar-refractivity contribution >= 4 is 50.7 Å². The molecule has 1 N–H and O–H groups in total. The van der Waals surface area contributed by atoms with Gasteiger partial charge in [0.05, 0.1) is 24.8 Å². The van der Waals surface area contributed by atoms with Gasteiger partial charge in [-0.15, -0.1) is 0 Å². The zero-order chi connectivity index (χ0) is 31.9. The fourth-order valence-corrected chi connectivity index (χ4v) is 6.86.